The molecule has 0 fully saturated rings. The second-order valence-electron chi connectivity index (χ2n) is 5.57. The van der Waals surface area contributed by atoms with Crippen LogP contribution in [0.15, 0.2) is 12.1 Å². The van der Waals surface area contributed by atoms with Gasteiger partial charge in [0.25, 0.3) is 0 Å². The summed E-state index contributed by atoms with van der Waals surface area (Å²) < 4.78 is 5.57. The number of ether oxygens (including phenoxy) is 1. The van der Waals surface area contributed by atoms with Crippen LogP contribution in [-0.2, 0) is 0 Å². The SMILES string of the molecule is CC(C)CCCCNc1ccc(N)c(OC(C)C)n1. The Labute approximate surface area is 116 Å². The van der Waals surface area contributed by atoms with Crippen molar-refractivity contribution in [3.63, 3.8) is 0 Å². The molecule has 4 nitrogen and oxygen atoms in total. The molecule has 1 aromatic heterocycles. The molecular weight excluding hydrogens is 238 g/mol. The van der Waals surface area contributed by atoms with Gasteiger partial charge in [-0.25, -0.2) is 0 Å². The van der Waals surface area contributed by atoms with E-state index < -0.39 is 0 Å². The van der Waals surface area contributed by atoms with Crippen molar-refractivity contribution in [2.24, 2.45) is 5.92 Å². The van der Waals surface area contributed by atoms with Gasteiger partial charge in [0, 0.05) is 6.54 Å². The first-order chi connectivity index (χ1) is 8.99. The summed E-state index contributed by atoms with van der Waals surface area (Å²) >= 11 is 0. The number of aromatic nitrogens is 1. The molecule has 0 aliphatic carbocycles. The van der Waals surface area contributed by atoms with Gasteiger partial charge < -0.3 is 15.8 Å². The molecule has 1 heterocycles. The Morgan fingerprint density at radius 1 is 1.21 bits per heavy atom. The molecule has 0 aromatic carbocycles. The van der Waals surface area contributed by atoms with E-state index in [0.29, 0.717) is 11.6 Å². The lowest BCUT2D eigenvalue weighted by Crippen LogP contribution is -2.11. The number of pyridine rings is 1. The molecular formula is C15H27N3O. The Morgan fingerprint density at radius 2 is 1.95 bits per heavy atom. The number of nitrogens with two attached hydrogens (primary N) is 1. The standard InChI is InChI=1S/C15H27N3O/c1-11(2)7-5-6-10-17-14-9-8-13(16)15(18-14)19-12(3)4/h8-9,11-12H,5-7,10,16H2,1-4H3,(H,17,18). The summed E-state index contributed by atoms with van der Waals surface area (Å²) in [7, 11) is 0. The molecule has 0 radical (unpaired) electrons. The first-order valence-corrected chi connectivity index (χ1v) is 7.16. The van der Waals surface area contributed by atoms with E-state index in [1.165, 1.54) is 12.8 Å². The lowest BCUT2D eigenvalue weighted by atomic mass is 10.1. The molecule has 19 heavy (non-hydrogen) atoms. The first kappa shape index (κ1) is 15.6. The average Bonchev–Trinajstić information content (AvgIpc) is 2.31. The molecule has 0 saturated carbocycles. The normalized spacial score (nSPS) is 11.1. The van der Waals surface area contributed by atoms with Crippen molar-refractivity contribution in [1.82, 2.24) is 4.98 Å². The van der Waals surface area contributed by atoms with Gasteiger partial charge in [-0.15, -0.1) is 0 Å². The van der Waals surface area contributed by atoms with Crippen LogP contribution in [0.1, 0.15) is 47.0 Å². The zero-order valence-electron chi connectivity index (χ0n) is 12.6. The minimum absolute atomic E-state index is 0.0797. The third-order valence-corrected chi connectivity index (χ3v) is 2.75. The third-order valence-electron chi connectivity index (χ3n) is 2.75. The van der Waals surface area contributed by atoms with E-state index in [-0.39, 0.29) is 6.10 Å². The predicted octanol–water partition coefficient (Wildman–Crippen LogP) is 3.69. The van der Waals surface area contributed by atoms with Gasteiger partial charge in [0.2, 0.25) is 5.88 Å². The largest absolute Gasteiger partial charge is 0.473 e. The van der Waals surface area contributed by atoms with Crippen LogP contribution < -0.4 is 15.8 Å². The fourth-order valence-electron chi connectivity index (χ4n) is 1.76. The molecule has 1 aromatic rings. The van der Waals surface area contributed by atoms with Crippen LogP contribution in [0.4, 0.5) is 11.5 Å². The Morgan fingerprint density at radius 3 is 2.58 bits per heavy atom. The summed E-state index contributed by atoms with van der Waals surface area (Å²) in [5.74, 6) is 2.12. The van der Waals surface area contributed by atoms with E-state index in [0.717, 1.165) is 24.7 Å². The summed E-state index contributed by atoms with van der Waals surface area (Å²) in [4.78, 5) is 4.39. The van der Waals surface area contributed by atoms with Crippen molar-refractivity contribution in [1.29, 1.82) is 0 Å². The smallest absolute Gasteiger partial charge is 0.239 e. The Bertz CT molecular complexity index is 378. The Kier molecular flexibility index (Phi) is 6.46. The quantitative estimate of drug-likeness (QED) is 0.704. The van der Waals surface area contributed by atoms with Gasteiger partial charge in [-0.2, -0.15) is 4.98 Å². The van der Waals surface area contributed by atoms with Gasteiger partial charge in [-0.3, -0.25) is 0 Å². The maximum atomic E-state index is 5.83. The van der Waals surface area contributed by atoms with E-state index in [4.69, 9.17) is 10.5 Å². The maximum Gasteiger partial charge on any atom is 0.239 e. The van der Waals surface area contributed by atoms with Crippen LogP contribution >= 0.6 is 0 Å². The van der Waals surface area contributed by atoms with Gasteiger partial charge in [-0.1, -0.05) is 26.7 Å². The van der Waals surface area contributed by atoms with Gasteiger partial charge in [0.05, 0.1) is 11.8 Å². The van der Waals surface area contributed by atoms with Crippen LogP contribution in [0.25, 0.3) is 0 Å². The van der Waals surface area contributed by atoms with E-state index in [1.807, 2.05) is 26.0 Å². The van der Waals surface area contributed by atoms with Crippen LogP contribution in [-0.4, -0.2) is 17.6 Å². The van der Waals surface area contributed by atoms with Crippen LogP contribution in [0.2, 0.25) is 0 Å². The summed E-state index contributed by atoms with van der Waals surface area (Å²) in [5.41, 5.74) is 6.41. The minimum atomic E-state index is 0.0797. The van der Waals surface area contributed by atoms with Gasteiger partial charge >= 0.3 is 0 Å². The molecule has 0 aliphatic rings. The highest BCUT2D eigenvalue weighted by molar-refractivity contribution is 5.53. The van der Waals surface area contributed by atoms with Gasteiger partial charge in [-0.05, 0) is 38.3 Å². The van der Waals surface area contributed by atoms with Crippen LogP contribution in [0, 0.1) is 5.92 Å². The number of rotatable bonds is 8. The molecule has 0 amide bonds. The van der Waals surface area contributed by atoms with E-state index >= 15 is 0 Å². The predicted molar refractivity (Wildman–Crippen MR) is 81.6 cm³/mol. The zero-order valence-corrected chi connectivity index (χ0v) is 12.6. The Balaban J connectivity index is 2.41. The second kappa shape index (κ2) is 7.87. The molecule has 108 valence electrons. The lowest BCUT2D eigenvalue weighted by Gasteiger charge is -2.13. The molecule has 0 saturated heterocycles. The number of anilines is 2. The number of unbranched alkanes of at least 4 members (excludes halogenated alkanes) is 1. The number of hydrogen-bond acceptors (Lipinski definition) is 4. The Hall–Kier alpha value is -1.45. The molecule has 3 N–H and O–H groups in total. The summed E-state index contributed by atoms with van der Waals surface area (Å²) in [6.07, 6.45) is 3.76. The number of nitrogen functional groups attached to an aromatic ring is 1. The molecule has 0 atom stereocenters. The maximum absolute atomic E-state index is 5.83. The summed E-state index contributed by atoms with van der Waals surface area (Å²) in [6.45, 7) is 9.38. The monoisotopic (exact) mass is 265 g/mol. The topological polar surface area (TPSA) is 60.2 Å². The fraction of sp³-hybridized carbons (Fsp3) is 0.667. The highest BCUT2D eigenvalue weighted by Gasteiger charge is 2.06. The average molecular weight is 265 g/mol. The van der Waals surface area contributed by atoms with Crippen molar-refractivity contribution >= 4 is 11.5 Å². The highest BCUT2D eigenvalue weighted by Crippen LogP contribution is 2.22. The summed E-state index contributed by atoms with van der Waals surface area (Å²) in [6, 6.07) is 3.73. The molecule has 0 bridgehead atoms. The minimum Gasteiger partial charge on any atom is -0.473 e. The van der Waals surface area contributed by atoms with Crippen molar-refractivity contribution in [3.05, 3.63) is 12.1 Å². The summed E-state index contributed by atoms with van der Waals surface area (Å²) in [5, 5.41) is 3.31. The molecule has 1 rings (SSSR count). The fourth-order valence-corrected chi connectivity index (χ4v) is 1.76. The van der Waals surface area contributed by atoms with E-state index in [2.05, 4.69) is 24.1 Å². The third kappa shape index (κ3) is 6.32. The van der Waals surface area contributed by atoms with Crippen molar-refractivity contribution in [3.8, 4) is 5.88 Å². The van der Waals surface area contributed by atoms with Crippen molar-refractivity contribution in [2.75, 3.05) is 17.6 Å². The lowest BCUT2D eigenvalue weighted by molar-refractivity contribution is 0.234. The van der Waals surface area contributed by atoms with Gasteiger partial charge in [0.1, 0.15) is 5.82 Å². The van der Waals surface area contributed by atoms with Crippen molar-refractivity contribution < 1.29 is 4.74 Å². The van der Waals surface area contributed by atoms with Gasteiger partial charge in [0.15, 0.2) is 0 Å². The molecule has 0 spiro atoms. The van der Waals surface area contributed by atoms with Crippen molar-refractivity contribution in [2.45, 2.75) is 53.1 Å². The second-order valence-corrected chi connectivity index (χ2v) is 5.57. The van der Waals surface area contributed by atoms with Crippen LogP contribution in [0.5, 0.6) is 5.88 Å². The molecule has 4 heteroatoms. The zero-order chi connectivity index (χ0) is 14.3. The highest BCUT2D eigenvalue weighted by atomic mass is 16.5. The first-order valence-electron chi connectivity index (χ1n) is 7.16. The molecule has 0 aliphatic heterocycles. The van der Waals surface area contributed by atoms with E-state index in [9.17, 15) is 0 Å². The van der Waals surface area contributed by atoms with E-state index in [1.54, 1.807) is 0 Å². The number of hydrogen-bond donors (Lipinski definition) is 2. The number of nitrogens with zero attached hydrogens (tertiary/aromatic N) is 1. The molecule has 0 unspecified atom stereocenters. The van der Waals surface area contributed by atoms with Crippen LogP contribution in [0.3, 0.4) is 0 Å². The number of nitrogens with one attached hydrogen (secondary N) is 1.